The number of Topliss-reactive ketones (excluding diaryl/α,β-unsaturated/α-hetero) is 1. The third kappa shape index (κ3) is 4.56. The van der Waals surface area contributed by atoms with E-state index in [1.165, 1.54) is 48.9 Å². The van der Waals surface area contributed by atoms with Crippen molar-refractivity contribution in [3.8, 4) is 6.07 Å². The van der Waals surface area contributed by atoms with Crippen LogP contribution in [0, 0.1) is 35.0 Å². The van der Waals surface area contributed by atoms with Gasteiger partial charge in [0.1, 0.15) is 11.5 Å². The fourth-order valence-corrected chi connectivity index (χ4v) is 7.23. The Morgan fingerprint density at radius 3 is 2.62 bits per heavy atom. The van der Waals surface area contributed by atoms with Crippen molar-refractivity contribution < 1.29 is 9.59 Å². The molecule has 3 aliphatic carbocycles. The lowest BCUT2D eigenvalue weighted by atomic mass is 9.86. The zero-order valence-electron chi connectivity index (χ0n) is 21.5. The number of hydrogen-bond donors (Lipinski definition) is 1. The molecule has 3 saturated carbocycles. The molecule has 6 heteroatoms. The van der Waals surface area contributed by atoms with Crippen LogP contribution in [0.5, 0.6) is 0 Å². The second kappa shape index (κ2) is 9.78. The van der Waals surface area contributed by atoms with E-state index in [1.54, 1.807) is 6.07 Å². The predicted molar refractivity (Wildman–Crippen MR) is 143 cm³/mol. The highest BCUT2D eigenvalue weighted by molar-refractivity contribution is 6.04. The van der Waals surface area contributed by atoms with Gasteiger partial charge in [-0.2, -0.15) is 5.26 Å². The number of carbonyl (C=O) groups excluding carboxylic acids is 2. The highest BCUT2D eigenvalue weighted by atomic mass is 16.2. The molecule has 1 amide bonds. The van der Waals surface area contributed by atoms with Crippen molar-refractivity contribution in [3.05, 3.63) is 59.5 Å². The molecule has 37 heavy (non-hydrogen) atoms. The van der Waals surface area contributed by atoms with E-state index in [0.717, 1.165) is 43.3 Å². The van der Waals surface area contributed by atoms with Crippen molar-refractivity contribution in [2.24, 2.45) is 30.7 Å². The van der Waals surface area contributed by atoms with Crippen LogP contribution in [0.1, 0.15) is 85.3 Å². The molecule has 3 aromatic rings. The van der Waals surface area contributed by atoms with Crippen LogP contribution in [0.4, 0.5) is 5.69 Å². The number of rotatable bonds is 5. The minimum absolute atomic E-state index is 0.230. The SMILES string of the molecule is Cn1cc(C2CCCC3C(CC2)C3C(=O)C2CCCC2)c2cc(NC(=O)c3cc(C#N)ccn3)ccc21. The summed E-state index contributed by atoms with van der Waals surface area (Å²) in [4.78, 5) is 30.1. The molecule has 0 saturated heterocycles. The van der Waals surface area contributed by atoms with Crippen LogP contribution in [0.15, 0.2) is 42.7 Å². The number of nitrogens with zero attached hydrogens (tertiary/aromatic N) is 3. The van der Waals surface area contributed by atoms with Gasteiger partial charge in [-0.05, 0) is 92.2 Å². The third-order valence-electron chi connectivity index (χ3n) is 9.20. The van der Waals surface area contributed by atoms with Crippen molar-refractivity contribution in [1.82, 2.24) is 9.55 Å². The fourth-order valence-electron chi connectivity index (χ4n) is 7.23. The van der Waals surface area contributed by atoms with E-state index in [-0.39, 0.29) is 11.6 Å². The standard InChI is InChI=1S/C31H34N4O2/c1-35-18-26(20-7-4-8-23-24(11-9-20)29(23)30(36)21-5-2-3-6-21)25-16-22(10-12-28(25)35)34-31(37)27-15-19(17-32)13-14-33-27/h10,12-16,18,20-21,23-24,29H,2-9,11H2,1H3,(H,34,37). The summed E-state index contributed by atoms with van der Waals surface area (Å²) in [5.41, 5.74) is 3.86. The number of ketones is 1. The minimum Gasteiger partial charge on any atom is -0.350 e. The number of aromatic nitrogens is 2. The van der Waals surface area contributed by atoms with Crippen molar-refractivity contribution in [2.75, 3.05) is 5.32 Å². The van der Waals surface area contributed by atoms with Gasteiger partial charge in [0.05, 0.1) is 11.6 Å². The van der Waals surface area contributed by atoms with Crippen molar-refractivity contribution in [2.45, 2.75) is 63.7 Å². The Morgan fingerprint density at radius 2 is 1.81 bits per heavy atom. The fraction of sp³-hybridized carbons (Fsp3) is 0.484. The maximum absolute atomic E-state index is 13.1. The van der Waals surface area contributed by atoms with Gasteiger partial charge in [-0.3, -0.25) is 14.6 Å². The number of anilines is 1. The molecule has 2 heterocycles. The number of nitriles is 1. The Hall–Kier alpha value is -3.46. The van der Waals surface area contributed by atoms with E-state index in [2.05, 4.69) is 46.3 Å². The van der Waals surface area contributed by atoms with Gasteiger partial charge in [-0.15, -0.1) is 0 Å². The molecule has 0 spiro atoms. The van der Waals surface area contributed by atoms with Gasteiger partial charge in [-0.25, -0.2) is 0 Å². The largest absolute Gasteiger partial charge is 0.350 e. The van der Waals surface area contributed by atoms with Crippen LogP contribution in [0.25, 0.3) is 10.9 Å². The van der Waals surface area contributed by atoms with E-state index in [4.69, 9.17) is 5.26 Å². The Bertz CT molecular complexity index is 1390. The first-order valence-electron chi connectivity index (χ1n) is 13.8. The van der Waals surface area contributed by atoms with Crippen LogP contribution < -0.4 is 5.32 Å². The molecule has 0 bridgehead atoms. The zero-order chi connectivity index (χ0) is 25.5. The van der Waals surface area contributed by atoms with E-state index in [0.29, 0.717) is 40.9 Å². The third-order valence-corrected chi connectivity index (χ3v) is 9.20. The Balaban J connectivity index is 1.19. The lowest BCUT2D eigenvalue weighted by molar-refractivity contribution is -0.124. The summed E-state index contributed by atoms with van der Waals surface area (Å²) in [5, 5.41) is 13.3. The van der Waals surface area contributed by atoms with Gasteiger partial charge in [0.2, 0.25) is 0 Å². The van der Waals surface area contributed by atoms with Gasteiger partial charge in [-0.1, -0.05) is 19.3 Å². The maximum Gasteiger partial charge on any atom is 0.274 e. The smallest absolute Gasteiger partial charge is 0.274 e. The lowest BCUT2D eigenvalue weighted by Gasteiger charge is -2.19. The Labute approximate surface area is 218 Å². The quantitative estimate of drug-likeness (QED) is 0.447. The first-order valence-corrected chi connectivity index (χ1v) is 13.8. The normalized spacial score (nSPS) is 25.6. The molecule has 3 aliphatic rings. The molecule has 0 aliphatic heterocycles. The average Bonchev–Trinajstić information content (AvgIpc) is 3.22. The Kier molecular flexibility index (Phi) is 6.32. The van der Waals surface area contributed by atoms with Crippen LogP contribution >= 0.6 is 0 Å². The minimum atomic E-state index is -0.322. The summed E-state index contributed by atoms with van der Waals surface area (Å²) in [7, 11) is 2.08. The van der Waals surface area contributed by atoms with Crippen molar-refractivity contribution in [3.63, 3.8) is 0 Å². The number of fused-ring (bicyclic) bond motifs is 2. The molecule has 6 nitrogen and oxygen atoms in total. The van der Waals surface area contributed by atoms with Crippen LogP contribution in [0.3, 0.4) is 0 Å². The number of hydrogen-bond acceptors (Lipinski definition) is 4. The van der Waals surface area contributed by atoms with Gasteiger partial charge < -0.3 is 9.88 Å². The molecule has 6 rings (SSSR count). The summed E-state index contributed by atoms with van der Waals surface area (Å²) in [6.07, 6.45) is 14.2. The Morgan fingerprint density at radius 1 is 1.00 bits per heavy atom. The number of aryl methyl sites for hydroxylation is 1. The number of carbonyl (C=O) groups is 2. The number of pyridine rings is 1. The highest BCUT2D eigenvalue weighted by Gasteiger charge is 2.55. The summed E-state index contributed by atoms with van der Waals surface area (Å²) in [5.74, 6) is 2.65. The molecule has 2 aromatic heterocycles. The van der Waals surface area contributed by atoms with Gasteiger partial charge in [0.25, 0.3) is 5.91 Å². The molecule has 1 aromatic carbocycles. The topological polar surface area (TPSA) is 87.8 Å². The number of amides is 1. The van der Waals surface area contributed by atoms with Crippen molar-refractivity contribution in [1.29, 1.82) is 5.26 Å². The molecule has 190 valence electrons. The summed E-state index contributed by atoms with van der Waals surface area (Å²) >= 11 is 0. The first-order chi connectivity index (χ1) is 18.0. The summed E-state index contributed by atoms with van der Waals surface area (Å²) in [6.45, 7) is 0. The number of benzene rings is 1. The second-order valence-electron chi connectivity index (χ2n) is 11.4. The molecule has 4 atom stereocenters. The van der Waals surface area contributed by atoms with E-state index in [1.807, 2.05) is 6.07 Å². The molecular formula is C31H34N4O2. The summed E-state index contributed by atoms with van der Waals surface area (Å²) < 4.78 is 2.18. The van der Waals surface area contributed by atoms with Gasteiger partial charge in [0.15, 0.2) is 0 Å². The molecule has 3 fully saturated rings. The first kappa shape index (κ1) is 23.9. The second-order valence-corrected chi connectivity index (χ2v) is 11.4. The van der Waals surface area contributed by atoms with Crippen LogP contribution in [0.2, 0.25) is 0 Å². The predicted octanol–water partition coefficient (Wildman–Crippen LogP) is 6.37. The highest BCUT2D eigenvalue weighted by Crippen LogP contribution is 2.57. The van der Waals surface area contributed by atoms with Gasteiger partial charge in [0, 0.05) is 47.9 Å². The van der Waals surface area contributed by atoms with E-state index >= 15 is 0 Å². The van der Waals surface area contributed by atoms with Crippen molar-refractivity contribution >= 4 is 28.3 Å². The monoisotopic (exact) mass is 494 g/mol. The van der Waals surface area contributed by atoms with E-state index < -0.39 is 0 Å². The van der Waals surface area contributed by atoms with Crippen LogP contribution in [-0.4, -0.2) is 21.2 Å². The lowest BCUT2D eigenvalue weighted by Crippen LogP contribution is -2.14. The molecule has 1 N–H and O–H groups in total. The van der Waals surface area contributed by atoms with Gasteiger partial charge >= 0.3 is 0 Å². The molecule has 0 radical (unpaired) electrons. The number of nitrogens with one attached hydrogen (secondary N) is 1. The maximum atomic E-state index is 13.1. The average molecular weight is 495 g/mol. The van der Waals surface area contributed by atoms with E-state index in [9.17, 15) is 9.59 Å². The molecular weight excluding hydrogens is 460 g/mol. The molecule has 4 unspecified atom stereocenters. The zero-order valence-corrected chi connectivity index (χ0v) is 21.5. The summed E-state index contributed by atoms with van der Waals surface area (Å²) in [6, 6.07) is 11.2. The van der Waals surface area contributed by atoms with Crippen LogP contribution in [-0.2, 0) is 11.8 Å².